The maximum Gasteiger partial charge on any atom is 0.303 e. The molecule has 158 valence electrons. The lowest BCUT2D eigenvalue weighted by molar-refractivity contribution is -0.199. The van der Waals surface area contributed by atoms with Crippen molar-refractivity contribution in [1.82, 2.24) is 0 Å². The molecule has 5 nitrogen and oxygen atoms in total. The van der Waals surface area contributed by atoms with E-state index in [1.165, 1.54) is 39.0 Å². The number of hydrogen-bond acceptors (Lipinski definition) is 5. The molecule has 0 spiro atoms. The van der Waals surface area contributed by atoms with Gasteiger partial charge in [0.1, 0.15) is 5.60 Å². The molecule has 0 aromatic carbocycles. The number of carbonyl (C=O) groups is 2. The molecule has 0 radical (unpaired) electrons. The normalized spacial score (nSPS) is 50.2. The Kier molecular flexibility index (Phi) is 4.94. The summed E-state index contributed by atoms with van der Waals surface area (Å²) in [7, 11) is 0. The lowest BCUT2D eigenvalue weighted by atomic mass is 9.43. The van der Waals surface area contributed by atoms with Crippen LogP contribution in [0.2, 0.25) is 0 Å². The van der Waals surface area contributed by atoms with Crippen molar-refractivity contribution in [3.63, 3.8) is 0 Å². The van der Waals surface area contributed by atoms with Crippen molar-refractivity contribution >= 4 is 11.8 Å². The van der Waals surface area contributed by atoms with E-state index in [0.717, 1.165) is 12.8 Å². The molecule has 0 bridgehead atoms. The molecule has 8 atom stereocenters. The van der Waals surface area contributed by atoms with Gasteiger partial charge in [-0.15, -0.1) is 0 Å². The maximum atomic E-state index is 12.9. The van der Waals surface area contributed by atoms with Crippen LogP contribution in [-0.2, 0) is 14.3 Å². The molecule has 0 aliphatic heterocycles. The van der Waals surface area contributed by atoms with Crippen LogP contribution in [0.1, 0.15) is 78.6 Å². The molecule has 4 aliphatic carbocycles. The van der Waals surface area contributed by atoms with E-state index >= 15 is 0 Å². The van der Waals surface area contributed by atoms with Gasteiger partial charge < -0.3 is 14.9 Å². The third-order valence-electron chi connectivity index (χ3n) is 9.53. The van der Waals surface area contributed by atoms with Gasteiger partial charge in [-0.1, -0.05) is 26.7 Å². The van der Waals surface area contributed by atoms with Crippen LogP contribution >= 0.6 is 0 Å². The molecular weight excluding hydrogens is 356 g/mol. The van der Waals surface area contributed by atoms with E-state index in [0.29, 0.717) is 24.7 Å². The lowest BCUT2D eigenvalue weighted by Crippen LogP contribution is -2.63. The predicted molar refractivity (Wildman–Crippen MR) is 104 cm³/mol. The summed E-state index contributed by atoms with van der Waals surface area (Å²) in [5.41, 5.74) is -1.98. The third-order valence-corrected chi connectivity index (χ3v) is 9.53. The second kappa shape index (κ2) is 6.80. The Morgan fingerprint density at radius 2 is 1.82 bits per heavy atom. The van der Waals surface area contributed by atoms with Gasteiger partial charge in [0.25, 0.3) is 0 Å². The highest BCUT2D eigenvalue weighted by Gasteiger charge is 2.68. The number of esters is 1. The molecule has 4 rings (SSSR count). The van der Waals surface area contributed by atoms with E-state index in [9.17, 15) is 19.8 Å². The average molecular weight is 393 g/mol. The lowest BCUT2D eigenvalue weighted by Gasteiger charge is -2.62. The SMILES string of the molecule is CC(=O)OCC(=O)[C@@]1(O)CCC2C3CCC4CCCC[C@]4(C)C3[C@@H](O)C[C@@]21C. The fourth-order valence-electron chi connectivity index (χ4n) is 8.17. The minimum atomic E-state index is -1.51. The van der Waals surface area contributed by atoms with Crippen molar-refractivity contribution < 1.29 is 24.5 Å². The predicted octanol–water partition coefficient (Wildman–Crippen LogP) is 3.25. The summed E-state index contributed by atoms with van der Waals surface area (Å²) in [6, 6.07) is 0. The van der Waals surface area contributed by atoms with Gasteiger partial charge in [0, 0.05) is 12.3 Å². The first-order chi connectivity index (χ1) is 13.1. The maximum absolute atomic E-state index is 12.9. The van der Waals surface area contributed by atoms with Crippen molar-refractivity contribution in [2.75, 3.05) is 6.61 Å². The Morgan fingerprint density at radius 1 is 1.07 bits per heavy atom. The average Bonchev–Trinajstić information content (AvgIpc) is 2.90. The Labute approximate surface area is 168 Å². The number of aliphatic hydroxyl groups excluding tert-OH is 1. The third kappa shape index (κ3) is 2.72. The quantitative estimate of drug-likeness (QED) is 0.720. The van der Waals surface area contributed by atoms with E-state index < -0.39 is 28.9 Å². The molecule has 4 unspecified atom stereocenters. The number of aliphatic hydroxyl groups is 2. The molecule has 0 saturated heterocycles. The number of carbonyl (C=O) groups excluding carboxylic acids is 2. The largest absolute Gasteiger partial charge is 0.458 e. The highest BCUT2D eigenvalue weighted by atomic mass is 16.5. The Bertz CT molecular complexity index is 661. The fraction of sp³-hybridized carbons (Fsp3) is 0.913. The first-order valence-corrected chi connectivity index (χ1v) is 11.2. The fourth-order valence-corrected chi connectivity index (χ4v) is 8.17. The van der Waals surface area contributed by atoms with Gasteiger partial charge in [-0.3, -0.25) is 9.59 Å². The smallest absolute Gasteiger partial charge is 0.303 e. The molecule has 28 heavy (non-hydrogen) atoms. The van der Waals surface area contributed by atoms with Crippen molar-refractivity contribution in [3.05, 3.63) is 0 Å². The van der Waals surface area contributed by atoms with Crippen molar-refractivity contribution in [1.29, 1.82) is 0 Å². The number of fused-ring (bicyclic) bond motifs is 5. The van der Waals surface area contributed by atoms with Crippen LogP contribution in [0.15, 0.2) is 0 Å². The van der Waals surface area contributed by atoms with Crippen LogP contribution in [0.25, 0.3) is 0 Å². The Morgan fingerprint density at radius 3 is 2.54 bits per heavy atom. The van der Waals surface area contributed by atoms with Crippen LogP contribution in [0.3, 0.4) is 0 Å². The van der Waals surface area contributed by atoms with Crippen LogP contribution < -0.4 is 0 Å². The summed E-state index contributed by atoms with van der Waals surface area (Å²) in [5.74, 6) is 0.665. The summed E-state index contributed by atoms with van der Waals surface area (Å²) in [6.45, 7) is 5.28. The number of ether oxygens (including phenoxy) is 1. The van der Waals surface area contributed by atoms with E-state index in [1.54, 1.807) is 0 Å². The van der Waals surface area contributed by atoms with Crippen molar-refractivity contribution in [2.24, 2.45) is 34.5 Å². The molecule has 0 aromatic heterocycles. The molecule has 4 aliphatic rings. The standard InChI is InChI=1S/C23H36O5/c1-14(24)28-13-19(26)23(27)11-9-17-16-8-7-15-6-4-5-10-21(15,2)20(16)18(25)12-22(17,23)3/h15-18,20,25,27H,4-13H2,1-3H3/t15?,16?,17?,18-,20?,21-,22-,23-/m0/s1. The molecule has 0 aromatic rings. The highest BCUT2D eigenvalue weighted by Crippen LogP contribution is 2.68. The summed E-state index contributed by atoms with van der Waals surface area (Å²) in [4.78, 5) is 24.0. The van der Waals surface area contributed by atoms with Crippen LogP contribution in [0.5, 0.6) is 0 Å². The highest BCUT2D eigenvalue weighted by molar-refractivity contribution is 5.90. The van der Waals surface area contributed by atoms with Crippen LogP contribution in [-0.4, -0.2) is 40.3 Å². The number of hydrogen-bond donors (Lipinski definition) is 2. The number of Topliss-reactive ketones (excluding diaryl/α,β-unsaturated/α-hetero) is 1. The summed E-state index contributed by atoms with van der Waals surface area (Å²) in [5, 5.41) is 22.8. The zero-order valence-corrected chi connectivity index (χ0v) is 17.6. The zero-order chi connectivity index (χ0) is 20.3. The second-order valence-electron chi connectivity index (χ2n) is 10.6. The second-order valence-corrected chi connectivity index (χ2v) is 10.6. The number of rotatable bonds is 3. The molecule has 4 fully saturated rings. The molecule has 0 heterocycles. The van der Waals surface area contributed by atoms with Crippen LogP contribution in [0, 0.1) is 34.5 Å². The van der Waals surface area contributed by atoms with Gasteiger partial charge in [0.2, 0.25) is 5.78 Å². The molecule has 5 heteroatoms. The van der Waals surface area contributed by atoms with E-state index in [1.807, 2.05) is 6.92 Å². The molecule has 4 saturated carbocycles. The minimum absolute atomic E-state index is 0.185. The van der Waals surface area contributed by atoms with Gasteiger partial charge in [0.15, 0.2) is 6.61 Å². The van der Waals surface area contributed by atoms with Crippen molar-refractivity contribution in [3.8, 4) is 0 Å². The monoisotopic (exact) mass is 392 g/mol. The summed E-state index contributed by atoms with van der Waals surface area (Å²) >= 11 is 0. The first kappa shape index (κ1) is 20.3. The molecular formula is C23H36O5. The van der Waals surface area contributed by atoms with Gasteiger partial charge in [0.05, 0.1) is 6.10 Å². The van der Waals surface area contributed by atoms with Crippen LogP contribution in [0.4, 0.5) is 0 Å². The minimum Gasteiger partial charge on any atom is -0.458 e. The molecule has 0 amide bonds. The van der Waals surface area contributed by atoms with E-state index in [4.69, 9.17) is 4.74 Å². The summed E-state index contributed by atoms with van der Waals surface area (Å²) in [6.07, 6.45) is 8.51. The number of ketones is 1. The first-order valence-electron chi connectivity index (χ1n) is 11.2. The topological polar surface area (TPSA) is 83.8 Å². The van der Waals surface area contributed by atoms with Gasteiger partial charge in [-0.05, 0) is 74.0 Å². The van der Waals surface area contributed by atoms with Gasteiger partial charge in [-0.2, -0.15) is 0 Å². The van der Waals surface area contributed by atoms with Crippen molar-refractivity contribution in [2.45, 2.75) is 90.3 Å². The summed E-state index contributed by atoms with van der Waals surface area (Å²) < 4.78 is 4.92. The van der Waals surface area contributed by atoms with Gasteiger partial charge >= 0.3 is 5.97 Å². The zero-order valence-electron chi connectivity index (χ0n) is 17.6. The Hall–Kier alpha value is -0.940. The molecule has 2 N–H and O–H groups in total. The van der Waals surface area contributed by atoms with E-state index in [2.05, 4.69) is 6.92 Å². The Balaban J connectivity index is 1.63. The van der Waals surface area contributed by atoms with Gasteiger partial charge in [-0.25, -0.2) is 0 Å². The van der Waals surface area contributed by atoms with E-state index in [-0.39, 0.29) is 23.9 Å².